The molecule has 1 aliphatic rings. The van der Waals surface area contributed by atoms with Crippen LogP contribution < -0.4 is 0 Å². The summed E-state index contributed by atoms with van der Waals surface area (Å²) in [6.45, 7) is 8.51. The van der Waals surface area contributed by atoms with E-state index in [4.69, 9.17) is 4.84 Å². The molecule has 0 aliphatic heterocycles. The number of phenolic OH excluding ortho intramolecular Hbond substituents is 1. The van der Waals surface area contributed by atoms with Gasteiger partial charge >= 0.3 is 5.97 Å². The fraction of sp³-hybridized carbons (Fsp3) is 0.364. The van der Waals surface area contributed by atoms with Crippen molar-refractivity contribution >= 4 is 11.7 Å². The van der Waals surface area contributed by atoms with Crippen LogP contribution in [0.1, 0.15) is 61.2 Å². The van der Waals surface area contributed by atoms with E-state index in [1.807, 2.05) is 18.2 Å². The van der Waals surface area contributed by atoms with E-state index in [2.05, 4.69) is 32.9 Å². The largest absolute Gasteiger partial charge is 0.508 e. The zero-order chi connectivity index (χ0) is 18.9. The molecule has 1 unspecified atom stereocenters. The summed E-state index contributed by atoms with van der Waals surface area (Å²) in [7, 11) is 0. The monoisotopic (exact) mass is 351 g/mol. The van der Waals surface area contributed by atoms with Gasteiger partial charge in [-0.2, -0.15) is 0 Å². The van der Waals surface area contributed by atoms with Gasteiger partial charge in [-0.05, 0) is 65.6 Å². The SMILES string of the molecule is CC1CC(=NOC(=O)c2ccc(C(C)(C)C)cc2)c2ccc(O)cc2C1. The highest BCUT2D eigenvalue weighted by Gasteiger charge is 2.22. The molecule has 0 bridgehead atoms. The summed E-state index contributed by atoms with van der Waals surface area (Å²) in [6.07, 6.45) is 1.62. The van der Waals surface area contributed by atoms with Crippen molar-refractivity contribution in [2.45, 2.75) is 46.0 Å². The molecular formula is C22H25NO3. The maximum atomic E-state index is 12.3. The summed E-state index contributed by atoms with van der Waals surface area (Å²) in [5.41, 5.74) is 4.41. The quantitative estimate of drug-likeness (QED) is 0.622. The predicted molar refractivity (Wildman–Crippen MR) is 103 cm³/mol. The molecule has 4 heteroatoms. The Bertz CT molecular complexity index is 845. The zero-order valence-electron chi connectivity index (χ0n) is 15.7. The van der Waals surface area contributed by atoms with Gasteiger partial charge in [0.25, 0.3) is 0 Å². The summed E-state index contributed by atoms with van der Waals surface area (Å²) in [5, 5.41) is 13.8. The normalized spacial score (nSPS) is 18.5. The van der Waals surface area contributed by atoms with E-state index in [0.717, 1.165) is 35.2 Å². The summed E-state index contributed by atoms with van der Waals surface area (Å²) >= 11 is 0. The van der Waals surface area contributed by atoms with Crippen molar-refractivity contribution in [2.75, 3.05) is 0 Å². The lowest BCUT2D eigenvalue weighted by molar-refractivity contribution is 0.0515. The van der Waals surface area contributed by atoms with E-state index >= 15 is 0 Å². The first-order chi connectivity index (χ1) is 12.2. The number of nitrogens with zero attached hydrogens (tertiary/aromatic N) is 1. The molecule has 0 saturated heterocycles. The molecule has 4 nitrogen and oxygen atoms in total. The number of fused-ring (bicyclic) bond motifs is 1. The van der Waals surface area contributed by atoms with E-state index < -0.39 is 5.97 Å². The Hall–Kier alpha value is -2.62. The van der Waals surface area contributed by atoms with E-state index in [9.17, 15) is 9.90 Å². The molecular weight excluding hydrogens is 326 g/mol. The van der Waals surface area contributed by atoms with Crippen molar-refractivity contribution < 1.29 is 14.7 Å². The van der Waals surface area contributed by atoms with Crippen molar-refractivity contribution in [1.29, 1.82) is 0 Å². The van der Waals surface area contributed by atoms with Crippen LogP contribution in [0.25, 0.3) is 0 Å². The van der Waals surface area contributed by atoms with E-state index in [-0.39, 0.29) is 11.2 Å². The van der Waals surface area contributed by atoms with Crippen molar-refractivity contribution in [3.63, 3.8) is 0 Å². The van der Waals surface area contributed by atoms with Crippen molar-refractivity contribution in [2.24, 2.45) is 11.1 Å². The highest BCUT2D eigenvalue weighted by Crippen LogP contribution is 2.29. The zero-order valence-corrected chi connectivity index (χ0v) is 15.7. The Morgan fingerprint density at radius 2 is 1.81 bits per heavy atom. The standard InChI is InChI=1S/C22H25NO3/c1-14-11-16-13-18(24)9-10-19(16)20(12-14)23-26-21(25)15-5-7-17(8-6-15)22(2,3)4/h5-10,13-14,24H,11-12H2,1-4H3. The number of aromatic hydroxyl groups is 1. The van der Waals surface area contributed by atoms with Crippen LogP contribution in [-0.4, -0.2) is 16.8 Å². The minimum atomic E-state index is -0.462. The highest BCUT2D eigenvalue weighted by molar-refractivity contribution is 6.03. The van der Waals surface area contributed by atoms with Crippen molar-refractivity contribution in [3.05, 3.63) is 64.7 Å². The second-order valence-electron chi connectivity index (χ2n) is 8.10. The van der Waals surface area contributed by atoms with Gasteiger partial charge in [-0.15, -0.1) is 0 Å². The van der Waals surface area contributed by atoms with Crippen LogP contribution in [0.3, 0.4) is 0 Å². The van der Waals surface area contributed by atoms with E-state index in [1.165, 1.54) is 0 Å². The van der Waals surface area contributed by atoms with Gasteiger partial charge in [0.05, 0.1) is 11.3 Å². The van der Waals surface area contributed by atoms with E-state index in [0.29, 0.717) is 11.5 Å². The second-order valence-corrected chi connectivity index (χ2v) is 8.10. The third-order valence-electron chi connectivity index (χ3n) is 4.74. The molecule has 0 fully saturated rings. The number of hydrogen-bond donors (Lipinski definition) is 1. The maximum absolute atomic E-state index is 12.3. The van der Waals surface area contributed by atoms with Crippen LogP contribution in [0.15, 0.2) is 47.6 Å². The van der Waals surface area contributed by atoms with Crippen LogP contribution in [0, 0.1) is 5.92 Å². The fourth-order valence-electron chi connectivity index (χ4n) is 3.26. The van der Waals surface area contributed by atoms with Crippen molar-refractivity contribution in [3.8, 4) is 5.75 Å². The smallest absolute Gasteiger partial charge is 0.365 e. The lowest BCUT2D eigenvalue weighted by atomic mass is 9.83. The fourth-order valence-corrected chi connectivity index (χ4v) is 3.26. The van der Waals surface area contributed by atoms with Gasteiger partial charge in [-0.25, -0.2) is 4.79 Å². The summed E-state index contributed by atoms with van der Waals surface area (Å²) < 4.78 is 0. The number of rotatable bonds is 2. The predicted octanol–water partition coefficient (Wildman–Crippen LogP) is 4.83. The molecule has 2 aromatic rings. The maximum Gasteiger partial charge on any atom is 0.365 e. The lowest BCUT2D eigenvalue weighted by Gasteiger charge is -2.22. The van der Waals surface area contributed by atoms with Crippen molar-refractivity contribution in [1.82, 2.24) is 0 Å². The number of hydrogen-bond acceptors (Lipinski definition) is 4. The molecule has 136 valence electrons. The molecule has 3 rings (SSSR count). The first-order valence-corrected chi connectivity index (χ1v) is 8.95. The van der Waals surface area contributed by atoms with Gasteiger partial charge in [-0.3, -0.25) is 0 Å². The number of carbonyl (C=O) groups is 1. The Kier molecular flexibility index (Phi) is 4.86. The Morgan fingerprint density at radius 3 is 2.46 bits per heavy atom. The van der Waals surface area contributed by atoms with E-state index in [1.54, 1.807) is 24.3 Å². The molecule has 1 N–H and O–H groups in total. The first kappa shape index (κ1) is 18.2. The molecule has 26 heavy (non-hydrogen) atoms. The van der Waals surface area contributed by atoms with Gasteiger partial charge in [0.15, 0.2) is 0 Å². The van der Waals surface area contributed by atoms with Crippen LogP contribution in [0.4, 0.5) is 0 Å². The number of carbonyl (C=O) groups excluding carboxylic acids is 1. The van der Waals surface area contributed by atoms with Gasteiger partial charge in [-0.1, -0.05) is 45.0 Å². The molecule has 1 aliphatic carbocycles. The Balaban J connectivity index is 1.78. The third-order valence-corrected chi connectivity index (χ3v) is 4.74. The topological polar surface area (TPSA) is 58.9 Å². The van der Waals surface area contributed by atoms with Gasteiger partial charge in [0.1, 0.15) is 5.75 Å². The van der Waals surface area contributed by atoms with Crippen LogP contribution in [-0.2, 0) is 16.7 Å². The molecule has 0 spiro atoms. The lowest BCUT2D eigenvalue weighted by Crippen LogP contribution is -2.19. The highest BCUT2D eigenvalue weighted by atomic mass is 16.7. The summed E-state index contributed by atoms with van der Waals surface area (Å²) in [4.78, 5) is 17.5. The summed E-state index contributed by atoms with van der Waals surface area (Å²) in [6, 6.07) is 12.7. The van der Waals surface area contributed by atoms with Crippen LogP contribution in [0.2, 0.25) is 0 Å². The third kappa shape index (κ3) is 3.96. The minimum Gasteiger partial charge on any atom is -0.508 e. The van der Waals surface area contributed by atoms with Crippen LogP contribution >= 0.6 is 0 Å². The number of oxime groups is 1. The molecule has 0 radical (unpaired) electrons. The average Bonchev–Trinajstić information content (AvgIpc) is 2.58. The van der Waals surface area contributed by atoms with Gasteiger partial charge < -0.3 is 9.94 Å². The Labute approximate surface area is 154 Å². The molecule has 0 saturated carbocycles. The number of benzene rings is 2. The minimum absolute atomic E-state index is 0.0379. The molecule has 1 atom stereocenters. The second kappa shape index (κ2) is 6.94. The molecule has 2 aromatic carbocycles. The summed E-state index contributed by atoms with van der Waals surface area (Å²) in [5.74, 6) is 0.164. The molecule has 0 heterocycles. The van der Waals surface area contributed by atoms with Gasteiger partial charge in [0.2, 0.25) is 0 Å². The molecule has 0 aromatic heterocycles. The average molecular weight is 351 g/mol. The van der Waals surface area contributed by atoms with Crippen LogP contribution in [0.5, 0.6) is 5.75 Å². The molecule has 0 amide bonds. The van der Waals surface area contributed by atoms with Gasteiger partial charge in [0, 0.05) is 5.56 Å². The number of phenols is 1. The first-order valence-electron chi connectivity index (χ1n) is 8.95. The Morgan fingerprint density at radius 1 is 1.12 bits per heavy atom.